The summed E-state index contributed by atoms with van der Waals surface area (Å²) in [6.07, 6.45) is 0. The summed E-state index contributed by atoms with van der Waals surface area (Å²) in [6.45, 7) is 6.72. The van der Waals surface area contributed by atoms with Gasteiger partial charge in [-0.25, -0.2) is 4.99 Å². The molecule has 0 aliphatic carbocycles. The average Bonchev–Trinajstić information content (AvgIpc) is 2.61. The number of para-hydroxylation sites is 1. The minimum absolute atomic E-state index is 0. The van der Waals surface area contributed by atoms with Gasteiger partial charge in [0.1, 0.15) is 0 Å². The summed E-state index contributed by atoms with van der Waals surface area (Å²) >= 11 is 0. The Bertz CT molecular complexity index is 816. The Morgan fingerprint density at radius 3 is 2.54 bits per heavy atom. The molecule has 0 saturated carbocycles. The minimum Gasteiger partial charge on any atom is -0.380 e. The molecule has 0 fully saturated rings. The SMILES string of the molecule is COCc1ccccc1NC(N)=NCc1cccc(C(=O)NC(C)(C)C)c1.I. The van der Waals surface area contributed by atoms with E-state index in [-0.39, 0.29) is 35.4 Å². The maximum atomic E-state index is 12.3. The third kappa shape index (κ3) is 7.85. The van der Waals surface area contributed by atoms with E-state index in [2.05, 4.69) is 15.6 Å². The number of amides is 1. The second-order valence-electron chi connectivity index (χ2n) is 7.32. The van der Waals surface area contributed by atoms with Gasteiger partial charge >= 0.3 is 0 Å². The monoisotopic (exact) mass is 496 g/mol. The van der Waals surface area contributed by atoms with Crippen LogP contribution in [0.3, 0.4) is 0 Å². The van der Waals surface area contributed by atoms with Crippen LogP contribution >= 0.6 is 24.0 Å². The van der Waals surface area contributed by atoms with Crippen molar-refractivity contribution >= 4 is 41.5 Å². The predicted molar refractivity (Wildman–Crippen MR) is 125 cm³/mol. The molecule has 2 aromatic carbocycles. The fraction of sp³-hybridized carbons (Fsp3) is 0.333. The summed E-state index contributed by atoms with van der Waals surface area (Å²) in [5.41, 5.74) is 9.11. The summed E-state index contributed by atoms with van der Waals surface area (Å²) in [5.74, 6) is 0.205. The maximum absolute atomic E-state index is 12.3. The Kier molecular flexibility index (Phi) is 9.40. The highest BCUT2D eigenvalue weighted by atomic mass is 127. The second kappa shape index (κ2) is 11.0. The third-order valence-electron chi connectivity index (χ3n) is 3.69. The maximum Gasteiger partial charge on any atom is 0.251 e. The van der Waals surface area contributed by atoms with Crippen molar-refractivity contribution in [1.29, 1.82) is 0 Å². The molecule has 0 aliphatic rings. The summed E-state index contributed by atoms with van der Waals surface area (Å²) in [4.78, 5) is 16.7. The molecule has 0 aromatic heterocycles. The molecule has 0 spiro atoms. The molecule has 0 heterocycles. The van der Waals surface area contributed by atoms with Gasteiger partial charge in [0, 0.05) is 29.5 Å². The lowest BCUT2D eigenvalue weighted by molar-refractivity contribution is 0.0919. The van der Waals surface area contributed by atoms with Gasteiger partial charge in [0.05, 0.1) is 13.2 Å². The first-order valence-corrected chi connectivity index (χ1v) is 8.84. The number of carbonyl (C=O) groups excluding carboxylic acids is 1. The Morgan fingerprint density at radius 2 is 1.86 bits per heavy atom. The van der Waals surface area contributed by atoms with Gasteiger partial charge in [-0.1, -0.05) is 30.3 Å². The smallest absolute Gasteiger partial charge is 0.251 e. The van der Waals surface area contributed by atoms with Crippen LogP contribution in [0.4, 0.5) is 5.69 Å². The first kappa shape index (κ1) is 23.9. The number of hydrogen-bond acceptors (Lipinski definition) is 3. The Balaban J connectivity index is 0.00000392. The normalized spacial score (nSPS) is 11.5. The quantitative estimate of drug-likeness (QED) is 0.322. The van der Waals surface area contributed by atoms with E-state index in [1.807, 2.05) is 63.2 Å². The molecule has 0 bridgehead atoms. The van der Waals surface area contributed by atoms with Crippen LogP contribution in [-0.4, -0.2) is 24.5 Å². The van der Waals surface area contributed by atoms with Crippen molar-refractivity contribution in [2.45, 2.75) is 39.5 Å². The zero-order valence-electron chi connectivity index (χ0n) is 16.8. The number of halogens is 1. The van der Waals surface area contributed by atoms with Gasteiger partial charge in [-0.15, -0.1) is 24.0 Å². The van der Waals surface area contributed by atoms with Crippen LogP contribution in [0.15, 0.2) is 53.5 Å². The van der Waals surface area contributed by atoms with Gasteiger partial charge in [0.2, 0.25) is 0 Å². The number of benzene rings is 2. The topological polar surface area (TPSA) is 88.7 Å². The second-order valence-corrected chi connectivity index (χ2v) is 7.32. The number of aliphatic imine (C=N–C) groups is 1. The van der Waals surface area contributed by atoms with Crippen molar-refractivity contribution in [3.63, 3.8) is 0 Å². The van der Waals surface area contributed by atoms with Crippen molar-refractivity contribution in [3.05, 3.63) is 65.2 Å². The van der Waals surface area contributed by atoms with Crippen LogP contribution in [0, 0.1) is 0 Å². The predicted octanol–water partition coefficient (Wildman–Crippen LogP) is 3.91. The molecule has 28 heavy (non-hydrogen) atoms. The molecule has 6 nitrogen and oxygen atoms in total. The van der Waals surface area contributed by atoms with Crippen molar-refractivity contribution in [1.82, 2.24) is 5.32 Å². The number of anilines is 1. The van der Waals surface area contributed by atoms with Crippen molar-refractivity contribution < 1.29 is 9.53 Å². The first-order chi connectivity index (χ1) is 12.8. The highest BCUT2D eigenvalue weighted by Gasteiger charge is 2.15. The molecule has 0 aliphatic heterocycles. The Labute approximate surface area is 184 Å². The van der Waals surface area contributed by atoms with Crippen LogP contribution in [0.2, 0.25) is 0 Å². The van der Waals surface area contributed by atoms with Crippen molar-refractivity contribution in [2.24, 2.45) is 10.7 Å². The number of nitrogens with one attached hydrogen (secondary N) is 2. The highest BCUT2D eigenvalue weighted by molar-refractivity contribution is 14.0. The average molecular weight is 496 g/mol. The van der Waals surface area contributed by atoms with Crippen LogP contribution in [0.25, 0.3) is 0 Å². The molecule has 0 radical (unpaired) electrons. The summed E-state index contributed by atoms with van der Waals surface area (Å²) in [7, 11) is 1.65. The number of rotatable bonds is 6. The van der Waals surface area contributed by atoms with Gasteiger partial charge < -0.3 is 21.1 Å². The number of hydrogen-bond donors (Lipinski definition) is 3. The van der Waals surface area contributed by atoms with Crippen LogP contribution in [0.1, 0.15) is 42.3 Å². The standard InChI is InChI=1S/C21H28N4O2.HI/c1-21(2,3)25-19(26)16-10-7-8-15(12-16)13-23-20(22)24-18-11-6-5-9-17(18)14-27-4;/h5-12H,13-14H2,1-4H3,(H,25,26)(H3,22,23,24);1H. The van der Waals surface area contributed by atoms with Gasteiger partial charge in [-0.05, 0) is 44.5 Å². The van der Waals surface area contributed by atoms with Gasteiger partial charge in [-0.3, -0.25) is 4.79 Å². The van der Waals surface area contributed by atoms with E-state index in [0.29, 0.717) is 24.7 Å². The molecule has 7 heteroatoms. The molecular weight excluding hydrogens is 467 g/mol. The lowest BCUT2D eigenvalue weighted by Gasteiger charge is -2.20. The largest absolute Gasteiger partial charge is 0.380 e. The molecule has 2 aromatic rings. The van der Waals surface area contributed by atoms with E-state index in [4.69, 9.17) is 10.5 Å². The molecule has 4 N–H and O–H groups in total. The minimum atomic E-state index is -0.283. The van der Waals surface area contributed by atoms with E-state index in [1.54, 1.807) is 13.2 Å². The van der Waals surface area contributed by atoms with Gasteiger partial charge in [0.25, 0.3) is 5.91 Å². The van der Waals surface area contributed by atoms with Crippen LogP contribution in [0.5, 0.6) is 0 Å². The number of nitrogens with two attached hydrogens (primary N) is 1. The zero-order chi connectivity index (χ0) is 19.9. The molecule has 1 amide bonds. The summed E-state index contributed by atoms with van der Waals surface area (Å²) in [6, 6.07) is 15.1. The number of nitrogens with zero attached hydrogens (tertiary/aromatic N) is 1. The molecule has 0 atom stereocenters. The van der Waals surface area contributed by atoms with Crippen LogP contribution < -0.4 is 16.4 Å². The number of guanidine groups is 1. The summed E-state index contributed by atoms with van der Waals surface area (Å²) in [5, 5.41) is 6.06. The van der Waals surface area contributed by atoms with Crippen LogP contribution in [-0.2, 0) is 17.9 Å². The van der Waals surface area contributed by atoms with Crippen molar-refractivity contribution in [2.75, 3.05) is 12.4 Å². The first-order valence-electron chi connectivity index (χ1n) is 8.84. The van der Waals surface area contributed by atoms with E-state index in [1.165, 1.54) is 0 Å². The third-order valence-corrected chi connectivity index (χ3v) is 3.69. The number of methoxy groups -OCH3 is 1. The highest BCUT2D eigenvalue weighted by Crippen LogP contribution is 2.15. The molecule has 0 saturated heterocycles. The number of carbonyl (C=O) groups is 1. The lowest BCUT2D eigenvalue weighted by Crippen LogP contribution is -2.40. The van der Waals surface area contributed by atoms with E-state index < -0.39 is 0 Å². The number of ether oxygens (including phenoxy) is 1. The van der Waals surface area contributed by atoms with Gasteiger partial charge in [0.15, 0.2) is 5.96 Å². The molecule has 2 rings (SSSR count). The Hall–Kier alpha value is -2.13. The lowest BCUT2D eigenvalue weighted by atomic mass is 10.1. The van der Waals surface area contributed by atoms with E-state index in [9.17, 15) is 4.79 Å². The van der Waals surface area contributed by atoms with E-state index in [0.717, 1.165) is 16.8 Å². The molecular formula is C21H29IN4O2. The van der Waals surface area contributed by atoms with E-state index >= 15 is 0 Å². The molecule has 0 unspecified atom stereocenters. The van der Waals surface area contributed by atoms with Crippen molar-refractivity contribution in [3.8, 4) is 0 Å². The molecule has 152 valence electrons. The zero-order valence-corrected chi connectivity index (χ0v) is 19.1. The fourth-order valence-electron chi connectivity index (χ4n) is 2.50. The summed E-state index contributed by atoms with van der Waals surface area (Å²) < 4.78 is 5.19. The van der Waals surface area contributed by atoms with Gasteiger partial charge in [-0.2, -0.15) is 0 Å². The Morgan fingerprint density at radius 1 is 1.14 bits per heavy atom. The fourth-order valence-corrected chi connectivity index (χ4v) is 2.50.